The van der Waals surface area contributed by atoms with Gasteiger partial charge >= 0.3 is 0 Å². The van der Waals surface area contributed by atoms with Gasteiger partial charge in [-0.15, -0.1) is 0 Å². The highest BCUT2D eigenvalue weighted by Crippen LogP contribution is 2.29. The predicted molar refractivity (Wildman–Crippen MR) is 92.7 cm³/mol. The predicted octanol–water partition coefficient (Wildman–Crippen LogP) is 4.13. The van der Waals surface area contributed by atoms with Crippen LogP contribution in [-0.2, 0) is 0 Å². The van der Waals surface area contributed by atoms with E-state index >= 15 is 0 Å². The van der Waals surface area contributed by atoms with Crippen molar-refractivity contribution in [2.75, 3.05) is 14.2 Å². The van der Waals surface area contributed by atoms with Crippen molar-refractivity contribution in [1.82, 2.24) is 4.90 Å². The summed E-state index contributed by atoms with van der Waals surface area (Å²) in [6.07, 6.45) is 0. The first-order chi connectivity index (χ1) is 10.1. The van der Waals surface area contributed by atoms with Crippen LogP contribution >= 0.6 is 22.6 Å². The Balaban J connectivity index is 2.29. The summed E-state index contributed by atoms with van der Waals surface area (Å²) in [4.78, 5) is 14.4. The van der Waals surface area contributed by atoms with Crippen molar-refractivity contribution in [3.05, 3.63) is 63.2 Å². The lowest BCUT2D eigenvalue weighted by Crippen LogP contribution is -2.30. The zero-order valence-electron chi connectivity index (χ0n) is 12.3. The van der Waals surface area contributed by atoms with E-state index in [0.717, 1.165) is 20.4 Å². The smallest absolute Gasteiger partial charge is 0.255 e. The molecule has 21 heavy (non-hydrogen) atoms. The Kier molecular flexibility index (Phi) is 5.22. The topological polar surface area (TPSA) is 29.5 Å². The molecule has 1 unspecified atom stereocenters. The van der Waals surface area contributed by atoms with Gasteiger partial charge in [-0.05, 0) is 47.7 Å². The Labute approximate surface area is 139 Å². The van der Waals surface area contributed by atoms with Crippen LogP contribution in [0.1, 0.15) is 28.9 Å². The first-order valence-corrected chi connectivity index (χ1v) is 7.78. The third-order valence-electron chi connectivity index (χ3n) is 3.59. The molecule has 2 aromatic carbocycles. The summed E-state index contributed by atoms with van der Waals surface area (Å²) in [5.41, 5.74) is 1.73. The summed E-state index contributed by atoms with van der Waals surface area (Å²) in [5.74, 6) is 0.811. The zero-order valence-corrected chi connectivity index (χ0v) is 14.5. The van der Waals surface area contributed by atoms with Crippen molar-refractivity contribution in [2.45, 2.75) is 13.0 Å². The largest absolute Gasteiger partial charge is 0.496 e. The highest BCUT2D eigenvalue weighted by molar-refractivity contribution is 14.1. The van der Waals surface area contributed by atoms with Crippen LogP contribution < -0.4 is 4.74 Å². The van der Waals surface area contributed by atoms with Gasteiger partial charge in [-0.1, -0.05) is 30.3 Å². The number of carbonyl (C=O) groups excluding carboxylic acids is 1. The van der Waals surface area contributed by atoms with Crippen molar-refractivity contribution in [3.8, 4) is 5.75 Å². The van der Waals surface area contributed by atoms with Crippen molar-refractivity contribution in [2.24, 2.45) is 0 Å². The lowest BCUT2D eigenvalue weighted by molar-refractivity contribution is 0.0740. The lowest BCUT2D eigenvalue weighted by Gasteiger charge is -2.27. The molecule has 110 valence electrons. The lowest BCUT2D eigenvalue weighted by atomic mass is 10.0. The third kappa shape index (κ3) is 3.37. The SMILES string of the molecule is COc1ccccc1C(C)N(C)C(=O)c1ccccc1I. The van der Waals surface area contributed by atoms with Gasteiger partial charge in [0, 0.05) is 16.2 Å². The maximum atomic E-state index is 12.7. The van der Waals surface area contributed by atoms with Crippen molar-refractivity contribution in [3.63, 3.8) is 0 Å². The minimum Gasteiger partial charge on any atom is -0.496 e. The molecule has 0 aliphatic rings. The summed E-state index contributed by atoms with van der Waals surface area (Å²) in [6.45, 7) is 2.01. The Bertz CT molecular complexity index is 642. The molecule has 2 rings (SSSR count). The average molecular weight is 395 g/mol. The number of nitrogens with zero attached hydrogens (tertiary/aromatic N) is 1. The van der Waals surface area contributed by atoms with E-state index in [1.807, 2.05) is 62.5 Å². The number of para-hydroxylation sites is 1. The summed E-state index contributed by atoms with van der Waals surface area (Å²) in [7, 11) is 3.47. The molecule has 0 heterocycles. The number of hydrogen-bond acceptors (Lipinski definition) is 2. The van der Waals surface area contributed by atoms with Crippen LogP contribution in [0.15, 0.2) is 48.5 Å². The van der Waals surface area contributed by atoms with Gasteiger partial charge in [0.05, 0.1) is 18.7 Å². The number of benzene rings is 2. The summed E-state index contributed by atoms with van der Waals surface area (Å²) in [6, 6.07) is 15.3. The molecule has 3 nitrogen and oxygen atoms in total. The number of halogens is 1. The minimum atomic E-state index is -0.0651. The van der Waals surface area contributed by atoms with Gasteiger partial charge in [-0.3, -0.25) is 4.79 Å². The average Bonchev–Trinajstić information content (AvgIpc) is 2.53. The maximum absolute atomic E-state index is 12.7. The second-order valence-corrected chi connectivity index (χ2v) is 5.98. The van der Waals surface area contributed by atoms with Crippen LogP contribution in [0.3, 0.4) is 0 Å². The molecule has 4 heteroatoms. The molecule has 0 saturated heterocycles. The van der Waals surface area contributed by atoms with Crippen molar-refractivity contribution >= 4 is 28.5 Å². The van der Waals surface area contributed by atoms with Crippen LogP contribution in [-0.4, -0.2) is 25.0 Å². The third-order valence-corrected chi connectivity index (χ3v) is 4.54. The molecular formula is C17H18INO2. The number of hydrogen-bond donors (Lipinski definition) is 0. The monoisotopic (exact) mass is 395 g/mol. The molecule has 0 N–H and O–H groups in total. The van der Waals surface area contributed by atoms with Gasteiger partial charge < -0.3 is 9.64 Å². The molecule has 0 spiro atoms. The van der Waals surface area contributed by atoms with Gasteiger partial charge in [0.1, 0.15) is 5.75 Å². The highest BCUT2D eigenvalue weighted by Gasteiger charge is 2.22. The van der Waals surface area contributed by atoms with Crippen molar-refractivity contribution < 1.29 is 9.53 Å². The van der Waals surface area contributed by atoms with Gasteiger partial charge in [0.2, 0.25) is 0 Å². The molecule has 0 fully saturated rings. The standard InChI is InChI=1S/C17H18INO2/c1-12(13-8-5-7-11-16(13)21-3)19(2)17(20)14-9-4-6-10-15(14)18/h4-12H,1-3H3. The Morgan fingerprint density at radius 2 is 1.76 bits per heavy atom. The van der Waals surface area contributed by atoms with E-state index in [1.165, 1.54) is 0 Å². The molecule has 0 saturated carbocycles. The quantitative estimate of drug-likeness (QED) is 0.729. The van der Waals surface area contributed by atoms with Gasteiger partial charge in [-0.25, -0.2) is 0 Å². The van der Waals surface area contributed by atoms with E-state index in [9.17, 15) is 4.79 Å². The Morgan fingerprint density at radius 1 is 1.14 bits per heavy atom. The first kappa shape index (κ1) is 15.8. The van der Waals surface area contributed by atoms with Crippen LogP contribution in [0.4, 0.5) is 0 Å². The Morgan fingerprint density at radius 3 is 2.43 bits per heavy atom. The first-order valence-electron chi connectivity index (χ1n) is 6.71. The van der Waals surface area contributed by atoms with E-state index < -0.39 is 0 Å². The highest BCUT2D eigenvalue weighted by atomic mass is 127. The van der Waals surface area contributed by atoms with Crippen LogP contribution in [0.5, 0.6) is 5.75 Å². The van der Waals surface area contributed by atoms with Crippen molar-refractivity contribution in [1.29, 1.82) is 0 Å². The van der Waals surface area contributed by atoms with Gasteiger partial charge in [-0.2, -0.15) is 0 Å². The summed E-state index contributed by atoms with van der Waals surface area (Å²) < 4.78 is 6.34. The molecule has 0 aliphatic heterocycles. The van der Waals surface area contributed by atoms with E-state index in [2.05, 4.69) is 22.6 Å². The number of carbonyl (C=O) groups is 1. The molecule has 2 aromatic rings. The van der Waals surface area contributed by atoms with E-state index in [1.54, 1.807) is 12.0 Å². The van der Waals surface area contributed by atoms with Gasteiger partial charge in [0.25, 0.3) is 5.91 Å². The van der Waals surface area contributed by atoms with Crippen LogP contribution in [0.25, 0.3) is 0 Å². The molecule has 1 amide bonds. The summed E-state index contributed by atoms with van der Waals surface area (Å²) in [5, 5.41) is 0. The Hall–Kier alpha value is -1.56. The molecule has 0 bridgehead atoms. The van der Waals surface area contributed by atoms with Crippen LogP contribution in [0.2, 0.25) is 0 Å². The fourth-order valence-electron chi connectivity index (χ4n) is 2.22. The zero-order chi connectivity index (χ0) is 15.4. The number of rotatable bonds is 4. The van der Waals surface area contributed by atoms with E-state index in [-0.39, 0.29) is 11.9 Å². The second kappa shape index (κ2) is 6.93. The second-order valence-electron chi connectivity index (χ2n) is 4.81. The fourth-order valence-corrected chi connectivity index (χ4v) is 2.84. The normalized spacial score (nSPS) is 11.8. The minimum absolute atomic E-state index is 0.0124. The summed E-state index contributed by atoms with van der Waals surface area (Å²) >= 11 is 2.19. The van der Waals surface area contributed by atoms with E-state index in [4.69, 9.17) is 4.74 Å². The molecule has 0 aliphatic carbocycles. The number of amides is 1. The van der Waals surface area contributed by atoms with Crippen LogP contribution in [0, 0.1) is 3.57 Å². The molecule has 0 aromatic heterocycles. The molecule has 0 radical (unpaired) electrons. The number of ether oxygens (including phenoxy) is 1. The maximum Gasteiger partial charge on any atom is 0.255 e. The number of methoxy groups -OCH3 is 1. The fraction of sp³-hybridized carbons (Fsp3) is 0.235. The van der Waals surface area contributed by atoms with E-state index in [0.29, 0.717) is 0 Å². The molecular weight excluding hydrogens is 377 g/mol. The molecule has 1 atom stereocenters. The van der Waals surface area contributed by atoms with Gasteiger partial charge in [0.15, 0.2) is 0 Å².